The van der Waals surface area contributed by atoms with Gasteiger partial charge in [-0.25, -0.2) is 4.98 Å². The van der Waals surface area contributed by atoms with Gasteiger partial charge in [0.2, 0.25) is 0 Å². The SMILES string of the molecule is O=c1c2ccccc2nc(-c2ccc(Cl)cc2Cl)n1CC(O)COc1cccc2[nH]c3ccccc3c12. The quantitative estimate of drug-likeness (QED) is 0.260. The maximum absolute atomic E-state index is 13.5. The van der Waals surface area contributed by atoms with Crippen LogP contribution in [-0.4, -0.2) is 32.4 Å². The van der Waals surface area contributed by atoms with Crippen molar-refractivity contribution in [3.63, 3.8) is 0 Å². The van der Waals surface area contributed by atoms with Gasteiger partial charge in [0.1, 0.15) is 24.3 Å². The summed E-state index contributed by atoms with van der Waals surface area (Å²) >= 11 is 12.6. The first-order chi connectivity index (χ1) is 18.0. The molecule has 6 rings (SSSR count). The number of para-hydroxylation sites is 2. The number of aromatic amines is 1. The number of hydrogen-bond acceptors (Lipinski definition) is 4. The minimum atomic E-state index is -0.994. The summed E-state index contributed by atoms with van der Waals surface area (Å²) in [4.78, 5) is 21.6. The lowest BCUT2D eigenvalue weighted by Gasteiger charge is -2.18. The van der Waals surface area contributed by atoms with Crippen molar-refractivity contribution in [2.24, 2.45) is 0 Å². The van der Waals surface area contributed by atoms with Gasteiger partial charge in [0.25, 0.3) is 5.56 Å². The number of nitrogens with one attached hydrogen (secondary N) is 1. The number of aromatic nitrogens is 3. The number of benzene rings is 4. The van der Waals surface area contributed by atoms with Gasteiger partial charge >= 0.3 is 0 Å². The van der Waals surface area contributed by atoms with Crippen molar-refractivity contribution in [3.8, 4) is 17.1 Å². The van der Waals surface area contributed by atoms with Gasteiger partial charge in [0.05, 0.1) is 28.0 Å². The average molecular weight is 530 g/mol. The molecule has 4 aromatic carbocycles. The molecule has 0 spiro atoms. The highest BCUT2D eigenvalue weighted by Gasteiger charge is 2.19. The van der Waals surface area contributed by atoms with Gasteiger partial charge in [-0.3, -0.25) is 9.36 Å². The Bertz CT molecular complexity index is 1840. The molecule has 0 aliphatic carbocycles. The summed E-state index contributed by atoms with van der Waals surface area (Å²) in [6.07, 6.45) is -0.994. The molecule has 0 radical (unpaired) electrons. The summed E-state index contributed by atoms with van der Waals surface area (Å²) in [5, 5.41) is 14.3. The zero-order valence-electron chi connectivity index (χ0n) is 19.5. The maximum atomic E-state index is 13.5. The Labute approximate surface area is 221 Å². The third kappa shape index (κ3) is 4.33. The molecule has 2 N–H and O–H groups in total. The van der Waals surface area contributed by atoms with E-state index in [2.05, 4.69) is 4.98 Å². The third-order valence-corrected chi connectivity index (χ3v) is 6.90. The second kappa shape index (κ2) is 9.56. The first kappa shape index (κ1) is 23.6. The molecule has 0 saturated heterocycles. The normalized spacial score (nSPS) is 12.4. The lowest BCUT2D eigenvalue weighted by molar-refractivity contribution is 0.0927. The van der Waals surface area contributed by atoms with Crippen LogP contribution in [0.4, 0.5) is 0 Å². The van der Waals surface area contributed by atoms with Gasteiger partial charge in [-0.05, 0) is 48.5 Å². The van der Waals surface area contributed by atoms with Crippen LogP contribution < -0.4 is 10.3 Å². The number of aliphatic hydroxyl groups excluding tert-OH is 1. The first-order valence-corrected chi connectivity index (χ1v) is 12.5. The van der Waals surface area contributed by atoms with E-state index >= 15 is 0 Å². The molecule has 0 saturated carbocycles. The van der Waals surface area contributed by atoms with Crippen LogP contribution >= 0.6 is 23.2 Å². The Morgan fingerprint density at radius 2 is 1.68 bits per heavy atom. The summed E-state index contributed by atoms with van der Waals surface area (Å²) in [7, 11) is 0. The van der Waals surface area contributed by atoms with Gasteiger partial charge in [-0.15, -0.1) is 0 Å². The van der Waals surface area contributed by atoms with E-state index in [4.69, 9.17) is 32.9 Å². The molecular formula is C29H21Cl2N3O3. The van der Waals surface area contributed by atoms with Crippen LogP contribution in [0.5, 0.6) is 5.75 Å². The molecule has 2 heterocycles. The molecule has 184 valence electrons. The number of rotatable bonds is 6. The number of fused-ring (bicyclic) bond motifs is 4. The minimum absolute atomic E-state index is 0.0221. The summed E-state index contributed by atoms with van der Waals surface area (Å²) in [6, 6.07) is 25.9. The van der Waals surface area contributed by atoms with Crippen molar-refractivity contribution in [2.45, 2.75) is 12.6 Å². The van der Waals surface area contributed by atoms with E-state index in [9.17, 15) is 9.90 Å². The van der Waals surface area contributed by atoms with E-state index in [1.54, 1.807) is 36.4 Å². The smallest absolute Gasteiger partial charge is 0.261 e. The average Bonchev–Trinajstić information content (AvgIpc) is 3.28. The molecule has 6 aromatic rings. The highest BCUT2D eigenvalue weighted by Crippen LogP contribution is 2.33. The van der Waals surface area contributed by atoms with Crippen LogP contribution in [0.1, 0.15) is 0 Å². The Balaban J connectivity index is 1.35. The largest absolute Gasteiger partial charge is 0.490 e. The van der Waals surface area contributed by atoms with Gasteiger partial charge in [0, 0.05) is 26.9 Å². The van der Waals surface area contributed by atoms with Crippen LogP contribution in [0, 0.1) is 0 Å². The number of hydrogen-bond donors (Lipinski definition) is 2. The number of ether oxygens (including phenoxy) is 1. The lowest BCUT2D eigenvalue weighted by atomic mass is 10.1. The van der Waals surface area contributed by atoms with Crippen molar-refractivity contribution in [1.29, 1.82) is 0 Å². The van der Waals surface area contributed by atoms with Crippen LogP contribution in [0.15, 0.2) is 89.7 Å². The predicted molar refractivity (Wildman–Crippen MR) is 149 cm³/mol. The molecule has 1 atom stereocenters. The molecular weight excluding hydrogens is 509 g/mol. The number of aliphatic hydroxyl groups is 1. The topological polar surface area (TPSA) is 80.1 Å². The van der Waals surface area contributed by atoms with Crippen LogP contribution in [0.3, 0.4) is 0 Å². The second-order valence-electron chi connectivity index (χ2n) is 8.81. The number of nitrogens with zero attached hydrogens (tertiary/aromatic N) is 2. The molecule has 1 unspecified atom stereocenters. The molecule has 0 bridgehead atoms. The summed E-state index contributed by atoms with van der Waals surface area (Å²) in [6.45, 7) is -0.0551. The van der Waals surface area contributed by atoms with Crippen molar-refractivity contribution < 1.29 is 9.84 Å². The molecule has 8 heteroatoms. The van der Waals surface area contributed by atoms with Crippen molar-refractivity contribution in [3.05, 3.63) is 105 Å². The molecule has 6 nitrogen and oxygen atoms in total. The fraction of sp³-hybridized carbons (Fsp3) is 0.103. The summed E-state index contributed by atoms with van der Waals surface area (Å²) in [5.74, 6) is 1.00. The fourth-order valence-corrected chi connectivity index (χ4v) is 5.14. The van der Waals surface area contributed by atoms with E-state index in [0.29, 0.717) is 38.1 Å². The molecule has 0 fully saturated rings. The van der Waals surface area contributed by atoms with Crippen molar-refractivity contribution >= 4 is 55.9 Å². The van der Waals surface area contributed by atoms with E-state index in [1.165, 1.54) is 4.57 Å². The monoisotopic (exact) mass is 529 g/mol. The van der Waals surface area contributed by atoms with E-state index in [0.717, 1.165) is 21.8 Å². The van der Waals surface area contributed by atoms with Crippen LogP contribution in [-0.2, 0) is 6.54 Å². The number of halogens is 2. The number of H-pyrrole nitrogens is 1. The fourth-order valence-electron chi connectivity index (χ4n) is 4.65. The second-order valence-corrected chi connectivity index (χ2v) is 9.65. The van der Waals surface area contributed by atoms with Crippen molar-refractivity contribution in [2.75, 3.05) is 6.61 Å². The van der Waals surface area contributed by atoms with Crippen LogP contribution in [0.2, 0.25) is 10.0 Å². The minimum Gasteiger partial charge on any atom is -0.490 e. The molecule has 2 aromatic heterocycles. The van der Waals surface area contributed by atoms with Gasteiger partial charge in [-0.1, -0.05) is 59.6 Å². The summed E-state index contributed by atoms with van der Waals surface area (Å²) in [5.41, 5.74) is 2.77. The zero-order valence-corrected chi connectivity index (χ0v) is 21.0. The lowest BCUT2D eigenvalue weighted by Crippen LogP contribution is -2.32. The molecule has 37 heavy (non-hydrogen) atoms. The van der Waals surface area contributed by atoms with E-state index in [-0.39, 0.29) is 18.7 Å². The molecule has 0 amide bonds. The van der Waals surface area contributed by atoms with Crippen LogP contribution in [0.25, 0.3) is 44.1 Å². The van der Waals surface area contributed by atoms with Gasteiger partial charge < -0.3 is 14.8 Å². The van der Waals surface area contributed by atoms with Gasteiger partial charge in [-0.2, -0.15) is 0 Å². The summed E-state index contributed by atoms with van der Waals surface area (Å²) < 4.78 is 7.53. The predicted octanol–water partition coefficient (Wildman–Crippen LogP) is 6.44. The Kier molecular flexibility index (Phi) is 6.08. The molecule has 0 aliphatic heterocycles. The highest BCUT2D eigenvalue weighted by molar-refractivity contribution is 6.36. The van der Waals surface area contributed by atoms with E-state index < -0.39 is 6.10 Å². The maximum Gasteiger partial charge on any atom is 0.261 e. The Morgan fingerprint density at radius 1 is 0.919 bits per heavy atom. The Morgan fingerprint density at radius 3 is 2.51 bits per heavy atom. The first-order valence-electron chi connectivity index (χ1n) is 11.7. The standard InChI is InChI=1S/C29H21Cl2N3O3/c30-17-12-13-19(22(31)14-17)28-33-24-9-4-2-7-21(24)29(36)34(28)15-18(35)16-37-26-11-5-10-25-27(26)20-6-1-3-8-23(20)32-25/h1-14,18,32,35H,15-16H2. The molecule has 0 aliphatic rings. The zero-order chi connectivity index (χ0) is 25.5. The van der Waals surface area contributed by atoms with E-state index in [1.807, 2.05) is 48.5 Å². The third-order valence-electron chi connectivity index (χ3n) is 6.35. The van der Waals surface area contributed by atoms with Crippen molar-refractivity contribution in [1.82, 2.24) is 14.5 Å². The Hall–Kier alpha value is -3.84. The van der Waals surface area contributed by atoms with Gasteiger partial charge in [0.15, 0.2) is 0 Å². The highest BCUT2D eigenvalue weighted by atomic mass is 35.5.